The van der Waals surface area contributed by atoms with Gasteiger partial charge in [0.15, 0.2) is 5.78 Å². The summed E-state index contributed by atoms with van der Waals surface area (Å²) in [7, 11) is 0. The number of rotatable bonds is 3. The van der Waals surface area contributed by atoms with E-state index < -0.39 is 0 Å². The molecular formula is C16H11FN2O2. The highest BCUT2D eigenvalue weighted by atomic mass is 19.1. The average molecular weight is 282 g/mol. The molecule has 0 spiro atoms. The summed E-state index contributed by atoms with van der Waals surface area (Å²) in [6, 6.07) is 11.1. The molecule has 0 radical (unpaired) electrons. The Kier molecular flexibility index (Phi) is 3.23. The molecule has 104 valence electrons. The maximum atomic E-state index is 13.4. The molecule has 0 unspecified atom stereocenters. The van der Waals surface area contributed by atoms with Gasteiger partial charge in [-0.2, -0.15) is 0 Å². The first-order valence-corrected chi connectivity index (χ1v) is 6.32. The molecule has 0 aliphatic heterocycles. The number of aromatic amines is 2. The summed E-state index contributed by atoms with van der Waals surface area (Å²) in [4.78, 5) is 28.4. The molecule has 0 bridgehead atoms. The number of fused-ring (bicyclic) bond motifs is 1. The van der Waals surface area contributed by atoms with Crippen LogP contribution in [0.3, 0.4) is 0 Å². The Hall–Kier alpha value is -2.95. The van der Waals surface area contributed by atoms with E-state index in [1.165, 1.54) is 18.2 Å². The first-order chi connectivity index (χ1) is 10.1. The lowest BCUT2D eigenvalue weighted by atomic mass is 10.1. The fourth-order valence-corrected chi connectivity index (χ4v) is 2.06. The summed E-state index contributed by atoms with van der Waals surface area (Å²) in [5, 5.41) is 0. The summed E-state index contributed by atoms with van der Waals surface area (Å²) >= 11 is 0. The monoisotopic (exact) mass is 282 g/mol. The minimum absolute atomic E-state index is 0.262. The number of carbonyl (C=O) groups excluding carboxylic acids is 1. The Morgan fingerprint density at radius 3 is 2.62 bits per heavy atom. The SMILES string of the molecule is O=C(/C=C/c1ccccc1F)c1ccc2[nH]c(=O)[nH]c2c1. The standard InChI is InChI=1S/C16H11FN2O2/c17-12-4-2-1-3-10(12)6-8-15(20)11-5-7-13-14(9-11)19-16(21)18-13/h1-9H,(H2,18,19,21)/b8-6+. The number of H-pyrrole nitrogens is 2. The number of aromatic nitrogens is 2. The van der Waals surface area contributed by atoms with Gasteiger partial charge in [-0.05, 0) is 36.4 Å². The lowest BCUT2D eigenvalue weighted by Crippen LogP contribution is -1.99. The van der Waals surface area contributed by atoms with Gasteiger partial charge in [0.1, 0.15) is 5.82 Å². The second-order valence-electron chi connectivity index (χ2n) is 4.56. The highest BCUT2D eigenvalue weighted by Crippen LogP contribution is 2.13. The number of ketones is 1. The number of halogens is 1. The maximum Gasteiger partial charge on any atom is 0.323 e. The molecule has 2 N–H and O–H groups in total. The van der Waals surface area contributed by atoms with Gasteiger partial charge in [-0.1, -0.05) is 18.2 Å². The third kappa shape index (κ3) is 2.67. The van der Waals surface area contributed by atoms with Crippen molar-refractivity contribution < 1.29 is 9.18 Å². The van der Waals surface area contributed by atoms with E-state index in [0.717, 1.165) is 0 Å². The first-order valence-electron chi connectivity index (χ1n) is 6.32. The molecule has 0 saturated heterocycles. The van der Waals surface area contributed by atoms with Crippen LogP contribution >= 0.6 is 0 Å². The normalized spacial score (nSPS) is 11.3. The third-order valence-corrected chi connectivity index (χ3v) is 3.12. The van der Waals surface area contributed by atoms with Crippen molar-refractivity contribution in [2.45, 2.75) is 0 Å². The van der Waals surface area contributed by atoms with Crippen LogP contribution in [0.25, 0.3) is 17.1 Å². The number of benzene rings is 2. The van der Waals surface area contributed by atoms with E-state index in [1.807, 2.05) is 0 Å². The van der Waals surface area contributed by atoms with Crippen LogP contribution in [0.5, 0.6) is 0 Å². The highest BCUT2D eigenvalue weighted by molar-refractivity contribution is 6.08. The van der Waals surface area contributed by atoms with Gasteiger partial charge >= 0.3 is 5.69 Å². The molecule has 5 heteroatoms. The number of hydrogen-bond acceptors (Lipinski definition) is 2. The van der Waals surface area contributed by atoms with E-state index in [0.29, 0.717) is 22.2 Å². The molecule has 0 aliphatic rings. The van der Waals surface area contributed by atoms with Gasteiger partial charge in [-0.25, -0.2) is 9.18 Å². The van der Waals surface area contributed by atoms with Crippen molar-refractivity contribution in [1.82, 2.24) is 9.97 Å². The second kappa shape index (κ2) is 5.20. The Morgan fingerprint density at radius 1 is 1.05 bits per heavy atom. The van der Waals surface area contributed by atoms with Crippen molar-refractivity contribution in [2.75, 3.05) is 0 Å². The Balaban J connectivity index is 1.90. The summed E-state index contributed by atoms with van der Waals surface area (Å²) < 4.78 is 13.4. The Morgan fingerprint density at radius 2 is 1.81 bits per heavy atom. The van der Waals surface area contributed by atoms with Crippen LogP contribution in [-0.2, 0) is 0 Å². The van der Waals surface area contributed by atoms with Crippen molar-refractivity contribution in [3.63, 3.8) is 0 Å². The predicted octanol–water partition coefficient (Wildman–Crippen LogP) is 2.89. The summed E-state index contributed by atoms with van der Waals surface area (Å²) in [6.07, 6.45) is 2.74. The summed E-state index contributed by atoms with van der Waals surface area (Å²) in [5.41, 5.74) is 1.64. The molecule has 4 nitrogen and oxygen atoms in total. The molecule has 0 amide bonds. The van der Waals surface area contributed by atoms with Crippen LogP contribution in [0.1, 0.15) is 15.9 Å². The van der Waals surface area contributed by atoms with Crippen molar-refractivity contribution in [2.24, 2.45) is 0 Å². The molecule has 1 aromatic heterocycles. The lowest BCUT2D eigenvalue weighted by molar-refractivity contribution is 0.104. The van der Waals surface area contributed by atoms with Crippen LogP contribution in [0.15, 0.2) is 53.3 Å². The summed E-state index contributed by atoms with van der Waals surface area (Å²) in [6.45, 7) is 0. The zero-order valence-electron chi connectivity index (χ0n) is 10.9. The van der Waals surface area contributed by atoms with Gasteiger partial charge in [0, 0.05) is 11.1 Å². The van der Waals surface area contributed by atoms with E-state index in [9.17, 15) is 14.0 Å². The molecule has 0 atom stereocenters. The van der Waals surface area contributed by atoms with Crippen molar-refractivity contribution >= 4 is 22.9 Å². The third-order valence-electron chi connectivity index (χ3n) is 3.12. The van der Waals surface area contributed by atoms with E-state index in [4.69, 9.17) is 0 Å². The number of allylic oxidation sites excluding steroid dienone is 1. The van der Waals surface area contributed by atoms with E-state index in [-0.39, 0.29) is 17.3 Å². The minimum Gasteiger partial charge on any atom is -0.306 e. The fraction of sp³-hybridized carbons (Fsp3) is 0. The molecule has 0 saturated carbocycles. The van der Waals surface area contributed by atoms with Gasteiger partial charge in [-0.15, -0.1) is 0 Å². The van der Waals surface area contributed by atoms with Crippen LogP contribution in [-0.4, -0.2) is 15.8 Å². The second-order valence-corrected chi connectivity index (χ2v) is 4.56. The topological polar surface area (TPSA) is 65.7 Å². The summed E-state index contributed by atoms with van der Waals surface area (Å²) in [5.74, 6) is -0.644. The van der Waals surface area contributed by atoms with Gasteiger partial charge in [0.05, 0.1) is 11.0 Å². The molecule has 0 fully saturated rings. The quantitative estimate of drug-likeness (QED) is 0.573. The molecule has 1 heterocycles. The van der Waals surface area contributed by atoms with Crippen LogP contribution in [0.2, 0.25) is 0 Å². The number of hydrogen-bond donors (Lipinski definition) is 2. The van der Waals surface area contributed by atoms with Gasteiger partial charge in [0.25, 0.3) is 0 Å². The predicted molar refractivity (Wildman–Crippen MR) is 78.7 cm³/mol. The largest absolute Gasteiger partial charge is 0.323 e. The van der Waals surface area contributed by atoms with Crippen LogP contribution < -0.4 is 5.69 Å². The number of carbonyl (C=O) groups is 1. The molecule has 3 aromatic rings. The van der Waals surface area contributed by atoms with E-state index >= 15 is 0 Å². The molecule has 0 aliphatic carbocycles. The number of imidazole rings is 1. The molecule has 2 aromatic carbocycles. The fourth-order valence-electron chi connectivity index (χ4n) is 2.06. The zero-order valence-corrected chi connectivity index (χ0v) is 10.9. The Labute approximate surface area is 118 Å². The number of nitrogens with one attached hydrogen (secondary N) is 2. The minimum atomic E-state index is -0.382. The van der Waals surface area contributed by atoms with Gasteiger partial charge in [0.2, 0.25) is 0 Å². The average Bonchev–Trinajstić information content (AvgIpc) is 2.85. The van der Waals surface area contributed by atoms with Crippen molar-refractivity contribution in [3.05, 3.63) is 76.0 Å². The van der Waals surface area contributed by atoms with E-state index in [1.54, 1.807) is 36.4 Å². The van der Waals surface area contributed by atoms with Crippen molar-refractivity contribution in [3.8, 4) is 0 Å². The van der Waals surface area contributed by atoms with Crippen molar-refractivity contribution in [1.29, 1.82) is 0 Å². The van der Waals surface area contributed by atoms with Gasteiger partial charge in [-0.3, -0.25) is 4.79 Å². The smallest absolute Gasteiger partial charge is 0.306 e. The maximum absolute atomic E-state index is 13.4. The van der Waals surface area contributed by atoms with Crippen LogP contribution in [0, 0.1) is 5.82 Å². The lowest BCUT2D eigenvalue weighted by Gasteiger charge is -1.97. The van der Waals surface area contributed by atoms with Gasteiger partial charge < -0.3 is 9.97 Å². The molecular weight excluding hydrogens is 271 g/mol. The Bertz CT molecular complexity index is 906. The zero-order chi connectivity index (χ0) is 14.8. The molecule has 21 heavy (non-hydrogen) atoms. The highest BCUT2D eigenvalue weighted by Gasteiger charge is 2.05. The van der Waals surface area contributed by atoms with E-state index in [2.05, 4.69) is 9.97 Å². The van der Waals surface area contributed by atoms with Crippen LogP contribution in [0.4, 0.5) is 4.39 Å². The first kappa shape index (κ1) is 13.1. The molecule has 3 rings (SSSR count).